The van der Waals surface area contributed by atoms with Crippen molar-refractivity contribution in [3.63, 3.8) is 0 Å². The van der Waals surface area contributed by atoms with E-state index in [-0.39, 0.29) is 0 Å². The first-order valence-electron chi connectivity index (χ1n) is 7.36. The van der Waals surface area contributed by atoms with Crippen molar-refractivity contribution in [1.82, 2.24) is 19.9 Å². The fraction of sp³-hybridized carbons (Fsp3) is 0.176. The number of allylic oxidation sites excluding steroid dienone is 1. The number of nitrogens with zero attached hydrogens (tertiary/aromatic N) is 4. The molecular weight excluding hydrogens is 274 g/mol. The number of hydrogen-bond acceptors (Lipinski definition) is 5. The van der Waals surface area contributed by atoms with Gasteiger partial charge in [-0.05, 0) is 30.2 Å². The summed E-state index contributed by atoms with van der Waals surface area (Å²) in [6.07, 6.45) is 8.37. The van der Waals surface area contributed by atoms with Gasteiger partial charge in [0.05, 0.1) is 16.7 Å². The molecule has 108 valence electrons. The summed E-state index contributed by atoms with van der Waals surface area (Å²) < 4.78 is 0. The smallest absolute Gasteiger partial charge is 0.222 e. The fourth-order valence-corrected chi connectivity index (χ4v) is 2.75. The van der Waals surface area contributed by atoms with E-state index >= 15 is 0 Å². The maximum Gasteiger partial charge on any atom is 0.222 e. The molecule has 1 aromatic carbocycles. The quantitative estimate of drug-likeness (QED) is 0.803. The molecule has 22 heavy (non-hydrogen) atoms. The molecule has 1 aliphatic carbocycles. The lowest BCUT2D eigenvalue weighted by molar-refractivity contribution is 1.03. The highest BCUT2D eigenvalue weighted by Crippen LogP contribution is 2.32. The van der Waals surface area contributed by atoms with E-state index in [1.165, 1.54) is 5.57 Å². The Morgan fingerprint density at radius 3 is 2.82 bits per heavy atom. The first kappa shape index (κ1) is 12.9. The predicted molar refractivity (Wildman–Crippen MR) is 86.5 cm³/mol. The van der Waals surface area contributed by atoms with Gasteiger partial charge in [0.1, 0.15) is 0 Å². The number of hydrogen-bond donors (Lipinski definition) is 1. The Morgan fingerprint density at radius 1 is 1.09 bits per heavy atom. The Bertz CT molecular complexity index is 885. The van der Waals surface area contributed by atoms with Crippen LogP contribution >= 0.6 is 0 Å². The molecule has 0 radical (unpaired) electrons. The summed E-state index contributed by atoms with van der Waals surface area (Å²) in [6.45, 7) is 2.86. The van der Waals surface area contributed by atoms with Crippen LogP contribution in [0.25, 0.3) is 16.6 Å². The Hall–Kier alpha value is -2.82. The van der Waals surface area contributed by atoms with Crippen molar-refractivity contribution in [3.05, 3.63) is 59.7 Å². The van der Waals surface area contributed by atoms with Crippen LogP contribution in [0.5, 0.6) is 0 Å². The standard InChI is InChI=1S/C17H15N5/c1-2-18-17-21-10-13-12(4-6-14(13)22-17)11-3-5-15-16(9-11)20-8-7-19-15/h3-5,7-10H,2,6H2,1H3,(H,18,21,22). The second-order valence-electron chi connectivity index (χ2n) is 5.17. The maximum atomic E-state index is 4.58. The Balaban J connectivity index is 1.75. The van der Waals surface area contributed by atoms with Gasteiger partial charge >= 0.3 is 0 Å². The van der Waals surface area contributed by atoms with Crippen LogP contribution in [0, 0.1) is 0 Å². The highest BCUT2D eigenvalue weighted by molar-refractivity contribution is 5.88. The number of rotatable bonds is 3. The molecule has 0 saturated heterocycles. The molecule has 0 amide bonds. The van der Waals surface area contributed by atoms with Crippen LogP contribution in [0.3, 0.4) is 0 Å². The molecule has 2 heterocycles. The highest BCUT2D eigenvalue weighted by Gasteiger charge is 2.18. The maximum absolute atomic E-state index is 4.58. The van der Waals surface area contributed by atoms with Crippen LogP contribution in [-0.2, 0) is 6.42 Å². The topological polar surface area (TPSA) is 63.6 Å². The Kier molecular flexibility index (Phi) is 3.04. The molecule has 4 rings (SSSR count). The Morgan fingerprint density at radius 2 is 1.95 bits per heavy atom. The van der Waals surface area contributed by atoms with Gasteiger partial charge in [-0.25, -0.2) is 9.97 Å². The predicted octanol–water partition coefficient (Wildman–Crippen LogP) is 2.84. The minimum Gasteiger partial charge on any atom is -0.354 e. The molecule has 1 N–H and O–H groups in total. The van der Waals surface area contributed by atoms with E-state index in [0.29, 0.717) is 5.95 Å². The van der Waals surface area contributed by atoms with E-state index in [0.717, 1.165) is 40.8 Å². The molecule has 2 aromatic heterocycles. The van der Waals surface area contributed by atoms with Crippen molar-refractivity contribution < 1.29 is 0 Å². The molecule has 3 aromatic rings. The van der Waals surface area contributed by atoms with Crippen LogP contribution in [0.4, 0.5) is 5.95 Å². The summed E-state index contributed by atoms with van der Waals surface area (Å²) in [7, 11) is 0. The van der Waals surface area contributed by atoms with Gasteiger partial charge in [0.15, 0.2) is 0 Å². The SMILES string of the molecule is CCNc1ncc2c(n1)CC=C2c1ccc2nccnc2c1. The van der Waals surface area contributed by atoms with Gasteiger partial charge in [-0.15, -0.1) is 0 Å². The van der Waals surface area contributed by atoms with Crippen molar-refractivity contribution in [2.24, 2.45) is 0 Å². The van der Waals surface area contributed by atoms with Gasteiger partial charge in [-0.1, -0.05) is 12.1 Å². The third-order valence-corrected chi connectivity index (χ3v) is 3.77. The van der Waals surface area contributed by atoms with Gasteiger partial charge in [0.25, 0.3) is 0 Å². The van der Waals surface area contributed by atoms with E-state index < -0.39 is 0 Å². The molecule has 0 spiro atoms. The molecular formula is C17H15N5. The fourth-order valence-electron chi connectivity index (χ4n) is 2.75. The van der Waals surface area contributed by atoms with Gasteiger partial charge in [0, 0.05) is 37.1 Å². The third kappa shape index (κ3) is 2.11. The van der Waals surface area contributed by atoms with Crippen LogP contribution in [-0.4, -0.2) is 26.5 Å². The summed E-state index contributed by atoms with van der Waals surface area (Å²) in [5.41, 5.74) is 6.28. The van der Waals surface area contributed by atoms with Crippen molar-refractivity contribution >= 4 is 22.6 Å². The lowest BCUT2D eigenvalue weighted by atomic mass is 10.0. The van der Waals surface area contributed by atoms with E-state index in [9.17, 15) is 0 Å². The minimum absolute atomic E-state index is 0.695. The molecule has 0 atom stereocenters. The van der Waals surface area contributed by atoms with Gasteiger partial charge in [-0.2, -0.15) is 0 Å². The summed E-state index contributed by atoms with van der Waals surface area (Å²) in [5, 5.41) is 3.15. The second-order valence-corrected chi connectivity index (χ2v) is 5.17. The minimum atomic E-state index is 0.695. The number of benzene rings is 1. The van der Waals surface area contributed by atoms with Crippen LogP contribution in [0.15, 0.2) is 42.9 Å². The van der Waals surface area contributed by atoms with Crippen molar-refractivity contribution in [2.45, 2.75) is 13.3 Å². The van der Waals surface area contributed by atoms with Gasteiger partial charge in [-0.3, -0.25) is 9.97 Å². The van der Waals surface area contributed by atoms with E-state index in [2.05, 4.69) is 43.5 Å². The van der Waals surface area contributed by atoms with Gasteiger partial charge in [0.2, 0.25) is 5.95 Å². The molecule has 5 heteroatoms. The van der Waals surface area contributed by atoms with E-state index in [4.69, 9.17) is 0 Å². The zero-order valence-electron chi connectivity index (χ0n) is 12.2. The molecule has 5 nitrogen and oxygen atoms in total. The average molecular weight is 289 g/mol. The lowest BCUT2D eigenvalue weighted by Gasteiger charge is -2.08. The van der Waals surface area contributed by atoms with Crippen molar-refractivity contribution in [2.75, 3.05) is 11.9 Å². The largest absolute Gasteiger partial charge is 0.354 e. The normalized spacial score (nSPS) is 13.0. The highest BCUT2D eigenvalue weighted by atomic mass is 15.1. The number of aromatic nitrogens is 4. The number of nitrogens with one attached hydrogen (secondary N) is 1. The average Bonchev–Trinajstić information content (AvgIpc) is 2.98. The number of fused-ring (bicyclic) bond motifs is 2. The Labute approximate surface area is 128 Å². The summed E-state index contributed by atoms with van der Waals surface area (Å²) in [5.74, 6) is 0.695. The summed E-state index contributed by atoms with van der Waals surface area (Å²) in [6, 6.07) is 6.15. The molecule has 0 aliphatic heterocycles. The zero-order chi connectivity index (χ0) is 14.9. The molecule has 0 fully saturated rings. The van der Waals surface area contributed by atoms with Gasteiger partial charge < -0.3 is 5.32 Å². The van der Waals surface area contributed by atoms with Crippen LogP contribution in [0.1, 0.15) is 23.7 Å². The molecule has 0 bridgehead atoms. The zero-order valence-corrected chi connectivity index (χ0v) is 12.2. The molecule has 0 saturated carbocycles. The summed E-state index contributed by atoms with van der Waals surface area (Å²) >= 11 is 0. The van der Waals surface area contributed by atoms with Crippen LogP contribution in [0.2, 0.25) is 0 Å². The second kappa shape index (κ2) is 5.18. The molecule has 1 aliphatic rings. The van der Waals surface area contributed by atoms with Crippen molar-refractivity contribution in [1.29, 1.82) is 0 Å². The van der Waals surface area contributed by atoms with E-state index in [1.54, 1.807) is 12.4 Å². The first-order chi connectivity index (χ1) is 10.8. The monoisotopic (exact) mass is 289 g/mol. The molecule has 0 unspecified atom stereocenters. The summed E-state index contributed by atoms with van der Waals surface area (Å²) in [4.78, 5) is 17.7. The van der Waals surface area contributed by atoms with Crippen molar-refractivity contribution in [3.8, 4) is 0 Å². The first-order valence-corrected chi connectivity index (χ1v) is 7.36. The van der Waals surface area contributed by atoms with E-state index in [1.807, 2.05) is 19.2 Å². The third-order valence-electron chi connectivity index (χ3n) is 3.77. The van der Waals surface area contributed by atoms with Crippen LogP contribution < -0.4 is 5.32 Å². The lowest BCUT2D eigenvalue weighted by Crippen LogP contribution is -2.04. The number of anilines is 1.